The molecule has 0 radical (unpaired) electrons. The number of pyridine rings is 1. The van der Waals surface area contributed by atoms with Gasteiger partial charge in [-0.15, -0.1) is 0 Å². The first-order chi connectivity index (χ1) is 15.2. The van der Waals surface area contributed by atoms with Gasteiger partial charge in [0.15, 0.2) is 0 Å². The average molecular weight is 442 g/mol. The van der Waals surface area contributed by atoms with E-state index in [1.54, 1.807) is 24.5 Å². The molecule has 2 aromatic carbocycles. The van der Waals surface area contributed by atoms with E-state index in [2.05, 4.69) is 21.0 Å². The first-order valence-electron chi connectivity index (χ1n) is 9.13. The number of carboxylic acids is 1. The number of H-pyrrole nitrogens is 1. The largest absolute Gasteiger partial charge is 0.478 e. The van der Waals surface area contributed by atoms with Crippen LogP contribution in [0.2, 0.25) is 0 Å². The van der Waals surface area contributed by atoms with E-state index in [0.29, 0.717) is 17.0 Å². The Morgan fingerprint density at radius 2 is 1.69 bits per heavy atom. The van der Waals surface area contributed by atoms with Gasteiger partial charge in [-0.1, -0.05) is 12.1 Å². The van der Waals surface area contributed by atoms with Gasteiger partial charge in [-0.2, -0.15) is 13.2 Å². The molecule has 0 atom stereocenters. The third kappa shape index (κ3) is 5.04. The number of aromatic nitrogens is 2. The number of aromatic carboxylic acids is 1. The molecule has 32 heavy (non-hydrogen) atoms. The van der Waals surface area contributed by atoms with E-state index in [1.165, 1.54) is 24.3 Å². The molecule has 4 rings (SSSR count). The molecule has 5 N–H and O–H groups in total. The fourth-order valence-electron chi connectivity index (χ4n) is 2.97. The van der Waals surface area contributed by atoms with Crippen LogP contribution in [0.5, 0.6) is 0 Å². The summed E-state index contributed by atoms with van der Waals surface area (Å²) in [5.74, 6) is -1.00. The van der Waals surface area contributed by atoms with E-state index < -0.39 is 17.7 Å². The summed E-state index contributed by atoms with van der Waals surface area (Å²) in [6.07, 6.45) is -0.780. The van der Waals surface area contributed by atoms with Crippen molar-refractivity contribution in [3.8, 4) is 11.1 Å². The fraction of sp³-hybridized carbons (Fsp3) is 0.0455. The number of halogens is 3. The van der Waals surface area contributed by atoms with Crippen molar-refractivity contribution in [2.24, 2.45) is 5.73 Å². The second-order valence-corrected chi connectivity index (χ2v) is 6.54. The average Bonchev–Trinajstić information content (AvgIpc) is 3.16. The van der Waals surface area contributed by atoms with E-state index in [0.717, 1.165) is 28.6 Å². The Hall–Kier alpha value is -4.34. The highest BCUT2D eigenvalue weighted by molar-refractivity contribution is 5.95. The van der Waals surface area contributed by atoms with Gasteiger partial charge in [-0.25, -0.2) is 9.78 Å². The molecule has 4 aromatic rings. The van der Waals surface area contributed by atoms with Crippen molar-refractivity contribution in [3.05, 3.63) is 78.1 Å². The molecule has 0 spiro atoms. The maximum atomic E-state index is 12.7. The predicted octanol–water partition coefficient (Wildman–Crippen LogP) is 4.79. The molecule has 7 nitrogen and oxygen atoms in total. The number of hydrogen-bond acceptors (Lipinski definition) is 4. The smallest absolute Gasteiger partial charge is 0.416 e. The number of nitrogens with zero attached hydrogens (tertiary/aromatic N) is 1. The predicted molar refractivity (Wildman–Crippen MR) is 113 cm³/mol. The molecule has 0 saturated heterocycles. The van der Waals surface area contributed by atoms with Gasteiger partial charge in [0, 0.05) is 29.0 Å². The van der Waals surface area contributed by atoms with Crippen LogP contribution in [0.4, 0.5) is 24.5 Å². The van der Waals surface area contributed by atoms with Crippen molar-refractivity contribution >= 4 is 34.8 Å². The molecular weight excluding hydrogens is 425 g/mol. The first-order valence-corrected chi connectivity index (χ1v) is 9.13. The lowest BCUT2D eigenvalue weighted by Gasteiger charge is -2.09. The van der Waals surface area contributed by atoms with E-state index in [1.807, 2.05) is 6.07 Å². The lowest BCUT2D eigenvalue weighted by atomic mass is 10.0. The molecule has 0 saturated carbocycles. The van der Waals surface area contributed by atoms with Crippen molar-refractivity contribution in [1.29, 1.82) is 0 Å². The highest BCUT2D eigenvalue weighted by Gasteiger charge is 2.29. The third-order valence-corrected chi connectivity index (χ3v) is 4.49. The molecule has 0 bridgehead atoms. The van der Waals surface area contributed by atoms with Gasteiger partial charge in [0.2, 0.25) is 6.41 Å². The second kappa shape index (κ2) is 9.21. The van der Waals surface area contributed by atoms with Crippen molar-refractivity contribution in [3.63, 3.8) is 0 Å². The van der Waals surface area contributed by atoms with E-state index in [4.69, 9.17) is 9.90 Å². The SMILES string of the molecule is NC=O.O=C(O)c1ccc(-c2cnc3[nH]cc(Nc4ccc(C(F)(F)F)cc4)c3c2)cc1. The molecule has 0 aliphatic heterocycles. The third-order valence-electron chi connectivity index (χ3n) is 4.49. The highest BCUT2D eigenvalue weighted by Crippen LogP contribution is 2.32. The number of nitrogens with one attached hydrogen (secondary N) is 2. The van der Waals surface area contributed by atoms with Gasteiger partial charge < -0.3 is 21.1 Å². The van der Waals surface area contributed by atoms with E-state index >= 15 is 0 Å². The summed E-state index contributed by atoms with van der Waals surface area (Å²) in [7, 11) is 0. The minimum absolute atomic E-state index is 0.189. The van der Waals surface area contributed by atoms with Crippen LogP contribution in [-0.2, 0) is 11.0 Å². The zero-order valence-corrected chi connectivity index (χ0v) is 16.4. The number of aromatic amines is 1. The van der Waals surface area contributed by atoms with E-state index in [-0.39, 0.29) is 12.0 Å². The van der Waals surface area contributed by atoms with Gasteiger partial charge in [0.05, 0.1) is 16.8 Å². The van der Waals surface area contributed by atoms with Crippen molar-refractivity contribution < 1.29 is 27.9 Å². The number of carboxylic acid groups (broad SMARTS) is 1. The first kappa shape index (κ1) is 22.3. The van der Waals surface area contributed by atoms with E-state index in [9.17, 15) is 18.0 Å². The summed E-state index contributed by atoms with van der Waals surface area (Å²) in [6.45, 7) is 0. The van der Waals surface area contributed by atoms with Crippen LogP contribution in [-0.4, -0.2) is 27.5 Å². The van der Waals surface area contributed by atoms with Crippen molar-refractivity contribution in [1.82, 2.24) is 9.97 Å². The van der Waals surface area contributed by atoms with Crippen LogP contribution in [0.15, 0.2) is 67.0 Å². The molecule has 0 unspecified atom stereocenters. The van der Waals surface area contributed by atoms with Gasteiger partial charge in [0.1, 0.15) is 5.65 Å². The zero-order valence-electron chi connectivity index (χ0n) is 16.4. The highest BCUT2D eigenvalue weighted by atomic mass is 19.4. The van der Waals surface area contributed by atoms with Crippen LogP contribution in [0, 0.1) is 0 Å². The molecule has 0 aliphatic carbocycles. The lowest BCUT2D eigenvalue weighted by Crippen LogP contribution is -2.04. The number of benzene rings is 2. The van der Waals surface area contributed by atoms with Crippen LogP contribution in [0.3, 0.4) is 0 Å². The Labute approximate surface area is 179 Å². The summed E-state index contributed by atoms with van der Waals surface area (Å²) >= 11 is 0. The Balaban J connectivity index is 0.000000913. The standard InChI is InChI=1S/C21H14F3N3O2.CH3NO/c22-21(23,24)15-5-7-16(8-6-15)27-18-11-26-19-17(18)9-14(10-25-19)12-1-3-13(4-2-12)20(28)29;2-1-3/h1-11,27H,(H,25,26)(H,28,29);1H,(H2,2,3). The fourth-order valence-corrected chi connectivity index (χ4v) is 2.97. The Bertz CT molecular complexity index is 1230. The quantitative estimate of drug-likeness (QED) is 0.339. The monoisotopic (exact) mass is 442 g/mol. The minimum atomic E-state index is -4.38. The van der Waals surface area contributed by atoms with Crippen LogP contribution >= 0.6 is 0 Å². The molecule has 0 aliphatic rings. The topological polar surface area (TPSA) is 121 Å². The summed E-state index contributed by atoms with van der Waals surface area (Å²) in [4.78, 5) is 27.0. The molecule has 2 heterocycles. The van der Waals surface area contributed by atoms with Gasteiger partial charge >= 0.3 is 12.1 Å². The number of primary amides is 1. The number of carbonyl (C=O) groups excluding carboxylic acids is 1. The summed E-state index contributed by atoms with van der Waals surface area (Å²) < 4.78 is 38.1. The Morgan fingerprint density at radius 1 is 1.06 bits per heavy atom. The second-order valence-electron chi connectivity index (χ2n) is 6.54. The number of amides is 1. The number of carbonyl (C=O) groups is 2. The Morgan fingerprint density at radius 3 is 2.25 bits per heavy atom. The number of fused-ring (bicyclic) bond motifs is 1. The lowest BCUT2D eigenvalue weighted by molar-refractivity contribution is -0.137. The summed E-state index contributed by atoms with van der Waals surface area (Å²) in [5, 5.41) is 12.9. The molecule has 0 fully saturated rings. The van der Waals surface area contributed by atoms with Gasteiger partial charge in [0.25, 0.3) is 0 Å². The summed E-state index contributed by atoms with van der Waals surface area (Å²) in [5.41, 5.74) is 7.01. The number of alkyl halides is 3. The maximum absolute atomic E-state index is 12.7. The molecule has 1 amide bonds. The molecule has 2 aromatic heterocycles. The van der Waals surface area contributed by atoms with Crippen LogP contribution in [0.25, 0.3) is 22.2 Å². The van der Waals surface area contributed by atoms with Gasteiger partial charge in [-0.3, -0.25) is 4.79 Å². The number of nitrogens with two attached hydrogens (primary N) is 1. The minimum Gasteiger partial charge on any atom is -0.478 e. The van der Waals surface area contributed by atoms with Crippen LogP contribution in [0.1, 0.15) is 15.9 Å². The number of anilines is 2. The zero-order chi connectivity index (χ0) is 23.3. The number of rotatable bonds is 4. The molecular formula is C22H17F3N4O3. The number of hydrogen-bond donors (Lipinski definition) is 4. The van der Waals surface area contributed by atoms with Crippen molar-refractivity contribution in [2.45, 2.75) is 6.18 Å². The summed E-state index contributed by atoms with van der Waals surface area (Å²) in [6, 6.07) is 13.1. The normalized spacial score (nSPS) is 10.8. The van der Waals surface area contributed by atoms with Gasteiger partial charge in [-0.05, 0) is 48.0 Å². The molecule has 10 heteroatoms. The maximum Gasteiger partial charge on any atom is 0.416 e. The van der Waals surface area contributed by atoms with Crippen molar-refractivity contribution in [2.75, 3.05) is 5.32 Å². The Kier molecular flexibility index (Phi) is 6.43. The molecule has 164 valence electrons. The van der Waals surface area contributed by atoms with Crippen LogP contribution < -0.4 is 11.1 Å².